The molecule has 172 valence electrons. The van der Waals surface area contributed by atoms with E-state index in [0.29, 0.717) is 5.92 Å². The van der Waals surface area contributed by atoms with Gasteiger partial charge in [-0.2, -0.15) is 0 Å². The van der Waals surface area contributed by atoms with Crippen LogP contribution in [0.4, 0.5) is 0 Å². The Hall–Kier alpha value is -3.17. The zero-order valence-electron chi connectivity index (χ0n) is 20.7. The van der Waals surface area contributed by atoms with Gasteiger partial charge in [-0.05, 0) is 69.6 Å². The molecule has 34 heavy (non-hydrogen) atoms. The van der Waals surface area contributed by atoms with Crippen molar-refractivity contribution in [1.82, 2.24) is 4.98 Å². The molecule has 2 aromatic heterocycles. The highest BCUT2D eigenvalue weighted by Crippen LogP contribution is 2.38. The summed E-state index contributed by atoms with van der Waals surface area (Å²) in [6.07, 6.45) is 11.6. The van der Waals surface area contributed by atoms with Crippen molar-refractivity contribution in [3.05, 3.63) is 101 Å². The van der Waals surface area contributed by atoms with Gasteiger partial charge in [0, 0.05) is 0 Å². The lowest BCUT2D eigenvalue weighted by atomic mass is 9.81. The van der Waals surface area contributed by atoms with Crippen LogP contribution in [0.1, 0.15) is 56.9 Å². The van der Waals surface area contributed by atoms with Crippen molar-refractivity contribution in [2.45, 2.75) is 46.5 Å². The van der Waals surface area contributed by atoms with Crippen LogP contribution >= 0.6 is 11.3 Å². The van der Waals surface area contributed by atoms with E-state index in [-0.39, 0.29) is 5.41 Å². The Labute approximate surface area is 207 Å². The molecule has 0 spiro atoms. The second-order valence-corrected chi connectivity index (χ2v) is 11.6. The minimum atomic E-state index is 0.0402. The molecule has 4 aromatic rings. The second-order valence-electron chi connectivity index (χ2n) is 10.7. The largest absolute Gasteiger partial charge is 0.328 e. The predicted octanol–water partition coefficient (Wildman–Crippen LogP) is 8.15. The quantitative estimate of drug-likeness (QED) is 0.169. The van der Waals surface area contributed by atoms with Gasteiger partial charge in [0.1, 0.15) is 29.0 Å². The van der Waals surface area contributed by atoms with E-state index in [4.69, 9.17) is 0 Å². The Kier molecular flexibility index (Phi) is 5.69. The van der Waals surface area contributed by atoms with Gasteiger partial charge in [-0.25, -0.2) is 0 Å². The zero-order valence-corrected chi connectivity index (χ0v) is 21.5. The minimum Gasteiger partial charge on any atom is -0.328 e. The van der Waals surface area contributed by atoms with Crippen molar-refractivity contribution in [2.24, 2.45) is 5.92 Å². The summed E-state index contributed by atoms with van der Waals surface area (Å²) in [5.74, 6) is 0.625. The van der Waals surface area contributed by atoms with Gasteiger partial charge in [0.25, 0.3) is 0 Å². The van der Waals surface area contributed by atoms with Gasteiger partial charge in [0.15, 0.2) is 4.70 Å². The van der Waals surface area contributed by atoms with Gasteiger partial charge in [-0.1, -0.05) is 87.7 Å². The summed E-state index contributed by atoms with van der Waals surface area (Å²) in [6, 6.07) is 14.4. The number of allylic oxidation sites excluding steroid dienone is 2. The molecule has 0 aliphatic carbocycles. The average Bonchev–Trinajstić information content (AvgIpc) is 3.20. The zero-order chi connectivity index (χ0) is 24.0. The molecule has 0 fully saturated rings. The van der Waals surface area contributed by atoms with Gasteiger partial charge < -0.3 is 4.98 Å². The third-order valence-electron chi connectivity index (χ3n) is 6.50. The molecule has 5 rings (SSSR count). The molecule has 1 aliphatic heterocycles. The Morgan fingerprint density at radius 1 is 1.12 bits per heavy atom. The summed E-state index contributed by atoms with van der Waals surface area (Å²) in [4.78, 5) is 4.63. The summed E-state index contributed by atoms with van der Waals surface area (Å²) < 4.78 is 3.29. The Morgan fingerprint density at radius 3 is 2.68 bits per heavy atom. The summed E-state index contributed by atoms with van der Waals surface area (Å²) in [5.41, 5.74) is 6.35. The maximum absolute atomic E-state index is 4.63. The molecule has 0 amide bonds. The SMILES string of the molecule is C=[N+]1C=CC(c2cncc3c(CC(C)C)c[s+][c-]23)=C[C-]1c1cc(C(C)(C)C)c2ccccc2c1. The van der Waals surface area contributed by atoms with Crippen molar-refractivity contribution >= 4 is 44.5 Å². The summed E-state index contributed by atoms with van der Waals surface area (Å²) in [7, 11) is 0. The molecule has 3 heteroatoms. The Morgan fingerprint density at radius 2 is 1.91 bits per heavy atom. The average molecular weight is 465 g/mol. The van der Waals surface area contributed by atoms with Crippen LogP contribution in [0.2, 0.25) is 0 Å². The molecule has 1 aliphatic rings. The monoisotopic (exact) mass is 464 g/mol. The predicted molar refractivity (Wildman–Crippen MR) is 148 cm³/mol. The van der Waals surface area contributed by atoms with E-state index in [1.54, 1.807) is 0 Å². The van der Waals surface area contributed by atoms with Crippen LogP contribution in [0.3, 0.4) is 0 Å². The smallest absolute Gasteiger partial charge is 0.176 e. The van der Waals surface area contributed by atoms with Crippen LogP contribution in [0.15, 0.2) is 72.5 Å². The number of nitrogens with zero attached hydrogens (tertiary/aromatic N) is 2. The molecule has 0 atom stereocenters. The van der Waals surface area contributed by atoms with Crippen LogP contribution in [0, 0.1) is 12.0 Å². The fourth-order valence-corrected chi connectivity index (χ4v) is 5.92. The first-order chi connectivity index (χ1) is 16.2. The van der Waals surface area contributed by atoms with E-state index in [0.717, 1.165) is 12.5 Å². The fourth-order valence-electron chi connectivity index (χ4n) is 4.83. The van der Waals surface area contributed by atoms with Gasteiger partial charge in [-0.15, -0.1) is 0 Å². The number of aromatic nitrogens is 1. The number of thiophene rings is 1. The topological polar surface area (TPSA) is 15.9 Å². The van der Waals surface area contributed by atoms with E-state index in [1.165, 1.54) is 48.7 Å². The van der Waals surface area contributed by atoms with Gasteiger partial charge in [-0.3, -0.25) is 4.58 Å². The number of pyridine rings is 1. The second kappa shape index (κ2) is 8.56. The molecule has 3 heterocycles. The highest BCUT2D eigenvalue weighted by molar-refractivity contribution is 7.17. The minimum absolute atomic E-state index is 0.0402. The molecule has 2 nitrogen and oxygen atoms in total. The van der Waals surface area contributed by atoms with Crippen molar-refractivity contribution in [3.63, 3.8) is 0 Å². The van der Waals surface area contributed by atoms with Gasteiger partial charge >= 0.3 is 0 Å². The van der Waals surface area contributed by atoms with E-state index in [2.05, 4.69) is 106 Å². The van der Waals surface area contributed by atoms with Crippen molar-refractivity contribution in [2.75, 3.05) is 0 Å². The number of fused-ring (bicyclic) bond motifs is 2. The van der Waals surface area contributed by atoms with Crippen molar-refractivity contribution < 1.29 is 4.58 Å². The van der Waals surface area contributed by atoms with Crippen LogP contribution in [-0.4, -0.2) is 16.3 Å². The first-order valence-electron chi connectivity index (χ1n) is 12.0. The van der Waals surface area contributed by atoms with E-state index in [9.17, 15) is 0 Å². The van der Waals surface area contributed by atoms with Crippen LogP contribution < -0.4 is 0 Å². The molecular weight excluding hydrogens is 432 g/mol. The van der Waals surface area contributed by atoms with Gasteiger partial charge in [0.2, 0.25) is 0 Å². The molecule has 0 saturated carbocycles. The van der Waals surface area contributed by atoms with Crippen LogP contribution in [0.25, 0.3) is 26.4 Å². The molecule has 2 aromatic carbocycles. The van der Waals surface area contributed by atoms with Crippen molar-refractivity contribution in [1.29, 1.82) is 0 Å². The molecule has 0 N–H and O–H groups in total. The molecule has 0 bridgehead atoms. The summed E-state index contributed by atoms with van der Waals surface area (Å²) >= 11 is 1.83. The highest BCUT2D eigenvalue weighted by atomic mass is 32.1. The summed E-state index contributed by atoms with van der Waals surface area (Å²) in [6.45, 7) is 15.7. The fraction of sp³-hybridized carbons (Fsp3) is 0.258. The first kappa shape index (κ1) is 22.6. The number of hydrogen-bond donors (Lipinski definition) is 0. The van der Waals surface area contributed by atoms with Crippen molar-refractivity contribution in [3.8, 4) is 0 Å². The molecule has 0 radical (unpaired) electrons. The number of hydrogen-bond acceptors (Lipinski definition) is 1. The molecule has 0 saturated heterocycles. The lowest BCUT2D eigenvalue weighted by Gasteiger charge is -2.27. The summed E-state index contributed by atoms with van der Waals surface area (Å²) in [5, 5.41) is 6.16. The maximum atomic E-state index is 4.63. The molecule has 0 unspecified atom stereocenters. The van der Waals surface area contributed by atoms with Crippen LogP contribution in [-0.2, 0) is 11.8 Å². The van der Waals surface area contributed by atoms with E-state index in [1.807, 2.05) is 28.3 Å². The third kappa shape index (κ3) is 4.10. The maximum Gasteiger partial charge on any atom is 0.176 e. The lowest BCUT2D eigenvalue weighted by molar-refractivity contribution is -0.417. The number of benzene rings is 2. The standard InChI is InChI=1S/C31H32N2S/c1-20(2)13-24-19-34-30-26(17-32-18-27(24)30)22-11-12-33(6)29(16-22)23-14-21-9-7-8-10-25(21)28(15-23)31(3,4)5/h7-12,14-20H,6,13H2,1-5H3. The Balaban J connectivity index is 1.63. The normalized spacial score (nSPS) is 14.5. The van der Waals surface area contributed by atoms with E-state index < -0.39 is 0 Å². The Bertz CT molecular complexity index is 1460. The molecular formula is C31H32N2S. The lowest BCUT2D eigenvalue weighted by Crippen LogP contribution is -2.17. The van der Waals surface area contributed by atoms with Crippen LogP contribution in [0.5, 0.6) is 0 Å². The number of rotatable bonds is 4. The first-order valence-corrected chi connectivity index (χ1v) is 12.8. The van der Waals surface area contributed by atoms with E-state index >= 15 is 0 Å². The van der Waals surface area contributed by atoms with Gasteiger partial charge in [0.05, 0.1) is 6.72 Å². The highest BCUT2D eigenvalue weighted by Gasteiger charge is 2.23. The third-order valence-corrected chi connectivity index (χ3v) is 7.58.